The third-order valence-electron chi connectivity index (χ3n) is 4.36. The fraction of sp³-hybridized carbons (Fsp3) is 0.333. The van der Waals surface area contributed by atoms with Crippen molar-refractivity contribution >= 4 is 28.2 Å². The molecular formula is C21H24ClN3O. The predicted octanol–water partition coefficient (Wildman–Crippen LogP) is 5.37. The predicted molar refractivity (Wildman–Crippen MR) is 110 cm³/mol. The van der Waals surface area contributed by atoms with Gasteiger partial charge in [-0.1, -0.05) is 38.8 Å². The van der Waals surface area contributed by atoms with Gasteiger partial charge in [0.05, 0.1) is 16.6 Å². The van der Waals surface area contributed by atoms with E-state index in [0.717, 1.165) is 42.1 Å². The van der Waals surface area contributed by atoms with Crippen LogP contribution in [0, 0.1) is 0 Å². The number of nitrogens with zero attached hydrogens (tertiary/aromatic N) is 2. The number of benzene rings is 2. The molecule has 0 aliphatic heterocycles. The number of anilines is 1. The number of aromatic nitrogens is 2. The molecule has 136 valence electrons. The first-order chi connectivity index (χ1) is 12.5. The number of hydrogen-bond donors (Lipinski definition) is 1. The Balaban J connectivity index is 2.15. The van der Waals surface area contributed by atoms with Gasteiger partial charge in [-0.2, -0.15) is 0 Å². The van der Waals surface area contributed by atoms with Crippen molar-refractivity contribution in [1.82, 2.24) is 9.55 Å². The number of fused-ring (bicyclic) bond motifs is 1. The topological polar surface area (TPSA) is 46.9 Å². The van der Waals surface area contributed by atoms with Crippen molar-refractivity contribution < 1.29 is 0 Å². The Morgan fingerprint density at radius 1 is 1.15 bits per heavy atom. The van der Waals surface area contributed by atoms with Gasteiger partial charge in [-0.3, -0.25) is 9.36 Å². The minimum Gasteiger partial charge on any atom is -0.385 e. The molecule has 0 radical (unpaired) electrons. The molecule has 2 aromatic carbocycles. The van der Waals surface area contributed by atoms with E-state index in [-0.39, 0.29) is 11.5 Å². The number of hydrogen-bond acceptors (Lipinski definition) is 3. The Bertz CT molecular complexity index is 961. The highest BCUT2D eigenvalue weighted by Crippen LogP contribution is 2.22. The molecule has 1 N–H and O–H groups in total. The van der Waals surface area contributed by atoms with Gasteiger partial charge in [-0.15, -0.1) is 0 Å². The molecule has 0 saturated carbocycles. The summed E-state index contributed by atoms with van der Waals surface area (Å²) in [5, 5.41) is 4.65. The van der Waals surface area contributed by atoms with E-state index in [2.05, 4.69) is 12.2 Å². The van der Waals surface area contributed by atoms with Crippen LogP contribution >= 0.6 is 11.6 Å². The van der Waals surface area contributed by atoms with Gasteiger partial charge in [0.15, 0.2) is 0 Å². The maximum absolute atomic E-state index is 13.2. The van der Waals surface area contributed by atoms with Crippen molar-refractivity contribution in [3.63, 3.8) is 0 Å². The molecule has 26 heavy (non-hydrogen) atoms. The summed E-state index contributed by atoms with van der Waals surface area (Å²) in [4.78, 5) is 18.0. The van der Waals surface area contributed by atoms with Crippen LogP contribution in [0.1, 0.15) is 45.4 Å². The summed E-state index contributed by atoms with van der Waals surface area (Å²) in [7, 11) is 0. The largest absolute Gasteiger partial charge is 0.385 e. The molecule has 0 saturated heterocycles. The summed E-state index contributed by atoms with van der Waals surface area (Å²) >= 11 is 6.00. The maximum Gasteiger partial charge on any atom is 0.265 e. The first-order valence-electron chi connectivity index (χ1n) is 9.07. The van der Waals surface area contributed by atoms with E-state index in [1.165, 1.54) is 0 Å². The molecule has 0 aliphatic carbocycles. The monoisotopic (exact) mass is 369 g/mol. The average molecular weight is 370 g/mol. The lowest BCUT2D eigenvalue weighted by Gasteiger charge is -2.16. The summed E-state index contributed by atoms with van der Waals surface area (Å²) in [5.74, 6) is 0.856. The van der Waals surface area contributed by atoms with E-state index in [4.69, 9.17) is 16.6 Å². The van der Waals surface area contributed by atoms with Crippen LogP contribution in [0.25, 0.3) is 16.6 Å². The van der Waals surface area contributed by atoms with Crippen LogP contribution in [-0.4, -0.2) is 16.1 Å². The molecule has 1 heterocycles. The molecule has 0 amide bonds. The van der Waals surface area contributed by atoms with Crippen molar-refractivity contribution in [1.29, 1.82) is 0 Å². The Kier molecular flexibility index (Phi) is 5.62. The van der Waals surface area contributed by atoms with Crippen LogP contribution < -0.4 is 10.9 Å². The van der Waals surface area contributed by atoms with E-state index in [1.807, 2.05) is 44.2 Å². The minimum atomic E-state index is -0.0545. The molecule has 5 heteroatoms. The first-order valence-corrected chi connectivity index (χ1v) is 9.45. The van der Waals surface area contributed by atoms with Gasteiger partial charge in [-0.25, -0.2) is 4.98 Å². The molecule has 0 bridgehead atoms. The van der Waals surface area contributed by atoms with Crippen LogP contribution in [0.5, 0.6) is 0 Å². The lowest BCUT2D eigenvalue weighted by Crippen LogP contribution is -2.24. The second kappa shape index (κ2) is 7.92. The zero-order valence-corrected chi connectivity index (χ0v) is 16.2. The average Bonchev–Trinajstić information content (AvgIpc) is 2.62. The molecule has 1 aromatic heterocycles. The van der Waals surface area contributed by atoms with Gasteiger partial charge in [0.25, 0.3) is 5.56 Å². The minimum absolute atomic E-state index is 0.0545. The van der Waals surface area contributed by atoms with Gasteiger partial charge in [-0.05, 0) is 48.9 Å². The summed E-state index contributed by atoms with van der Waals surface area (Å²) in [6.45, 7) is 7.17. The Hall–Kier alpha value is -2.33. The number of unbranched alkanes of at least 4 members (excludes halogenated alkanes) is 1. The summed E-state index contributed by atoms with van der Waals surface area (Å²) in [5.41, 5.74) is 2.45. The molecule has 0 aliphatic rings. The molecule has 4 nitrogen and oxygen atoms in total. The highest BCUT2D eigenvalue weighted by Gasteiger charge is 2.15. The standard InChI is InChI=1S/C21H24ClN3O/c1-4-5-12-23-16-8-11-18-19(13-16)24-20(14(2)3)25(21(18)26)17-9-6-15(22)7-10-17/h6-11,13-14,23H,4-5,12H2,1-3H3. The molecule has 0 atom stereocenters. The first kappa shape index (κ1) is 18.5. The third-order valence-corrected chi connectivity index (χ3v) is 4.61. The highest BCUT2D eigenvalue weighted by molar-refractivity contribution is 6.30. The van der Waals surface area contributed by atoms with Crippen LogP contribution in [0.3, 0.4) is 0 Å². The van der Waals surface area contributed by atoms with Crippen molar-refractivity contribution in [2.45, 2.75) is 39.5 Å². The smallest absolute Gasteiger partial charge is 0.265 e. The Labute approximate surface area is 158 Å². The zero-order chi connectivity index (χ0) is 18.7. The summed E-state index contributed by atoms with van der Waals surface area (Å²) in [6, 6.07) is 13.0. The fourth-order valence-electron chi connectivity index (χ4n) is 2.95. The molecule has 0 unspecified atom stereocenters. The Morgan fingerprint density at radius 2 is 1.88 bits per heavy atom. The van der Waals surface area contributed by atoms with E-state index < -0.39 is 0 Å². The molecular weight excluding hydrogens is 346 g/mol. The van der Waals surface area contributed by atoms with E-state index >= 15 is 0 Å². The summed E-state index contributed by atoms with van der Waals surface area (Å²) in [6.07, 6.45) is 2.25. The normalized spacial score (nSPS) is 11.3. The van der Waals surface area contributed by atoms with Crippen molar-refractivity contribution in [2.75, 3.05) is 11.9 Å². The van der Waals surface area contributed by atoms with Crippen LogP contribution in [0.2, 0.25) is 5.02 Å². The van der Waals surface area contributed by atoms with Crippen molar-refractivity contribution in [3.05, 3.63) is 63.7 Å². The fourth-order valence-corrected chi connectivity index (χ4v) is 3.08. The van der Waals surface area contributed by atoms with Crippen LogP contribution in [0.4, 0.5) is 5.69 Å². The maximum atomic E-state index is 13.2. The van der Waals surface area contributed by atoms with Crippen LogP contribution in [-0.2, 0) is 0 Å². The lowest BCUT2D eigenvalue weighted by atomic mass is 10.1. The van der Waals surface area contributed by atoms with Crippen LogP contribution in [0.15, 0.2) is 47.3 Å². The molecule has 3 rings (SSSR count). The van der Waals surface area contributed by atoms with Gasteiger partial charge in [0.2, 0.25) is 0 Å². The molecule has 0 spiro atoms. The number of halogens is 1. The number of nitrogens with one attached hydrogen (secondary N) is 1. The quantitative estimate of drug-likeness (QED) is 0.594. The van der Waals surface area contributed by atoms with Crippen molar-refractivity contribution in [3.8, 4) is 5.69 Å². The third kappa shape index (κ3) is 3.75. The SMILES string of the molecule is CCCCNc1ccc2c(=O)n(-c3ccc(Cl)cc3)c(C(C)C)nc2c1. The lowest BCUT2D eigenvalue weighted by molar-refractivity contribution is 0.723. The number of rotatable bonds is 6. The molecule has 3 aromatic rings. The van der Waals surface area contributed by atoms with E-state index in [9.17, 15) is 4.79 Å². The van der Waals surface area contributed by atoms with Gasteiger partial charge in [0, 0.05) is 23.2 Å². The highest BCUT2D eigenvalue weighted by atomic mass is 35.5. The zero-order valence-electron chi connectivity index (χ0n) is 15.4. The molecule has 0 fully saturated rings. The van der Waals surface area contributed by atoms with Crippen molar-refractivity contribution in [2.24, 2.45) is 0 Å². The Morgan fingerprint density at radius 3 is 2.54 bits per heavy atom. The second-order valence-corrected chi connectivity index (χ2v) is 7.19. The van der Waals surface area contributed by atoms with Gasteiger partial charge >= 0.3 is 0 Å². The second-order valence-electron chi connectivity index (χ2n) is 6.75. The summed E-state index contributed by atoms with van der Waals surface area (Å²) < 4.78 is 1.69. The van der Waals surface area contributed by atoms with E-state index in [1.54, 1.807) is 16.7 Å². The van der Waals surface area contributed by atoms with Gasteiger partial charge in [0.1, 0.15) is 5.82 Å². The van der Waals surface area contributed by atoms with Gasteiger partial charge < -0.3 is 5.32 Å². The van der Waals surface area contributed by atoms with E-state index in [0.29, 0.717) is 10.4 Å².